The highest BCUT2D eigenvalue weighted by atomic mass is 16.5. The number of carbonyl (C=O) groups is 1. The number of nitrogens with zero attached hydrogens (tertiary/aromatic N) is 1. The number of pyridine rings is 1. The number of aliphatic hydroxyl groups excluding tert-OH is 1. The van der Waals surface area contributed by atoms with Crippen LogP contribution in [0.25, 0.3) is 0 Å². The fraction of sp³-hybridized carbons (Fsp3) is 0.294. The molecule has 1 aromatic heterocycles. The molecule has 0 unspecified atom stereocenters. The van der Waals surface area contributed by atoms with Crippen molar-refractivity contribution in [2.24, 2.45) is 0 Å². The van der Waals surface area contributed by atoms with Crippen molar-refractivity contribution in [3.05, 3.63) is 48.2 Å². The lowest BCUT2D eigenvalue weighted by atomic mass is 10.3. The molecule has 1 heterocycles. The number of hydrogen-bond acceptors (Lipinski definition) is 5. The number of rotatable bonds is 7. The van der Waals surface area contributed by atoms with Gasteiger partial charge in [-0.15, -0.1) is 0 Å². The minimum Gasteiger partial charge on any atom is -0.497 e. The van der Waals surface area contributed by atoms with Crippen molar-refractivity contribution < 1.29 is 19.4 Å². The van der Waals surface area contributed by atoms with Gasteiger partial charge in [-0.2, -0.15) is 0 Å². The molecule has 7 nitrogen and oxygen atoms in total. The van der Waals surface area contributed by atoms with E-state index in [0.717, 1.165) is 11.3 Å². The summed E-state index contributed by atoms with van der Waals surface area (Å²) in [6.07, 6.45) is 1.06. The molecule has 1 atom stereocenters. The normalized spacial score (nSPS) is 11.5. The number of hydrogen-bond donors (Lipinski definition) is 3. The standard InChI is InChI=1S/C17H21N3O4/c1-12(21)9-19-17(22)20-11-13-3-8-16(18-10-13)24-15-6-4-14(23-2)5-7-15/h3-8,10,12,21H,9,11H2,1-2H3,(H2,19,20,22)/t12-/m1/s1. The maximum Gasteiger partial charge on any atom is 0.315 e. The molecule has 0 saturated heterocycles. The molecule has 1 aromatic carbocycles. The number of carbonyl (C=O) groups excluding carboxylic acids is 1. The Hall–Kier alpha value is -2.80. The van der Waals surface area contributed by atoms with E-state index in [9.17, 15) is 4.79 Å². The van der Waals surface area contributed by atoms with Gasteiger partial charge in [-0.05, 0) is 36.8 Å². The number of ether oxygens (including phenoxy) is 2. The highest BCUT2D eigenvalue weighted by molar-refractivity contribution is 5.73. The van der Waals surface area contributed by atoms with Crippen LogP contribution in [0.15, 0.2) is 42.6 Å². The van der Waals surface area contributed by atoms with E-state index in [1.807, 2.05) is 6.07 Å². The number of urea groups is 1. The van der Waals surface area contributed by atoms with E-state index in [1.165, 1.54) is 0 Å². The quantitative estimate of drug-likeness (QED) is 0.722. The average Bonchev–Trinajstić information content (AvgIpc) is 2.60. The highest BCUT2D eigenvalue weighted by Crippen LogP contribution is 2.22. The molecule has 7 heteroatoms. The minimum absolute atomic E-state index is 0.207. The van der Waals surface area contributed by atoms with Crippen molar-refractivity contribution >= 4 is 6.03 Å². The summed E-state index contributed by atoms with van der Waals surface area (Å²) in [6.45, 7) is 2.14. The lowest BCUT2D eigenvalue weighted by Crippen LogP contribution is -2.38. The second kappa shape index (κ2) is 8.73. The van der Waals surface area contributed by atoms with Gasteiger partial charge in [-0.1, -0.05) is 6.07 Å². The van der Waals surface area contributed by atoms with Crippen LogP contribution in [0.2, 0.25) is 0 Å². The second-order valence-corrected chi connectivity index (χ2v) is 5.19. The Bertz CT molecular complexity index is 642. The van der Waals surface area contributed by atoms with Gasteiger partial charge in [0.05, 0.1) is 13.2 Å². The molecule has 0 aliphatic rings. The number of aliphatic hydroxyl groups is 1. The number of amides is 2. The summed E-state index contributed by atoms with van der Waals surface area (Å²) >= 11 is 0. The van der Waals surface area contributed by atoms with Gasteiger partial charge < -0.3 is 25.2 Å². The molecule has 2 aromatic rings. The maximum atomic E-state index is 11.5. The zero-order valence-corrected chi connectivity index (χ0v) is 13.7. The molecular formula is C17H21N3O4. The number of aromatic nitrogens is 1. The van der Waals surface area contributed by atoms with E-state index in [-0.39, 0.29) is 12.6 Å². The largest absolute Gasteiger partial charge is 0.497 e. The number of nitrogens with one attached hydrogen (secondary N) is 2. The molecule has 0 aliphatic carbocycles. The van der Waals surface area contributed by atoms with E-state index < -0.39 is 6.10 Å². The van der Waals surface area contributed by atoms with Gasteiger partial charge in [0, 0.05) is 25.4 Å². The second-order valence-electron chi connectivity index (χ2n) is 5.19. The molecular weight excluding hydrogens is 310 g/mol. The highest BCUT2D eigenvalue weighted by Gasteiger charge is 2.04. The predicted octanol–water partition coefficient (Wildman–Crippen LogP) is 2.06. The minimum atomic E-state index is -0.577. The van der Waals surface area contributed by atoms with Gasteiger partial charge in [0.1, 0.15) is 11.5 Å². The van der Waals surface area contributed by atoms with Gasteiger partial charge >= 0.3 is 6.03 Å². The van der Waals surface area contributed by atoms with Gasteiger partial charge in [0.2, 0.25) is 5.88 Å². The first-order valence-electron chi connectivity index (χ1n) is 7.53. The summed E-state index contributed by atoms with van der Waals surface area (Å²) in [5, 5.41) is 14.3. The van der Waals surface area contributed by atoms with Gasteiger partial charge in [0.15, 0.2) is 0 Å². The van der Waals surface area contributed by atoms with Crippen LogP contribution >= 0.6 is 0 Å². The van der Waals surface area contributed by atoms with Crippen LogP contribution in [0.3, 0.4) is 0 Å². The fourth-order valence-electron chi connectivity index (χ4n) is 1.83. The van der Waals surface area contributed by atoms with Crippen LogP contribution in [0, 0.1) is 0 Å². The molecule has 0 aliphatic heterocycles. The summed E-state index contributed by atoms with van der Waals surface area (Å²) in [6, 6.07) is 10.4. The van der Waals surface area contributed by atoms with Gasteiger partial charge in [-0.3, -0.25) is 0 Å². The predicted molar refractivity (Wildman–Crippen MR) is 89.2 cm³/mol. The van der Waals surface area contributed by atoms with E-state index in [0.29, 0.717) is 18.2 Å². The van der Waals surface area contributed by atoms with Crippen molar-refractivity contribution in [1.82, 2.24) is 15.6 Å². The maximum absolute atomic E-state index is 11.5. The Morgan fingerprint density at radius 2 is 1.88 bits per heavy atom. The Kier molecular flexibility index (Phi) is 6.39. The molecule has 0 spiro atoms. The Labute approximate surface area is 140 Å². The first-order chi connectivity index (χ1) is 11.6. The first-order valence-corrected chi connectivity index (χ1v) is 7.53. The molecule has 0 bridgehead atoms. The zero-order chi connectivity index (χ0) is 17.4. The molecule has 128 valence electrons. The molecule has 0 fully saturated rings. The van der Waals surface area contributed by atoms with Crippen LogP contribution < -0.4 is 20.1 Å². The smallest absolute Gasteiger partial charge is 0.315 e. The van der Waals surface area contributed by atoms with E-state index >= 15 is 0 Å². The first kappa shape index (κ1) is 17.6. The third-order valence-electron chi connectivity index (χ3n) is 3.09. The number of methoxy groups -OCH3 is 1. The molecule has 2 rings (SSSR count). The van der Waals surface area contributed by atoms with Crippen molar-refractivity contribution in [3.63, 3.8) is 0 Å². The van der Waals surface area contributed by atoms with Crippen LogP contribution in [0.4, 0.5) is 4.79 Å². The molecule has 0 radical (unpaired) electrons. The SMILES string of the molecule is COc1ccc(Oc2ccc(CNC(=O)NC[C@@H](C)O)cn2)cc1. The van der Waals surface area contributed by atoms with Crippen molar-refractivity contribution in [2.75, 3.05) is 13.7 Å². The summed E-state index contributed by atoms with van der Waals surface area (Å²) in [4.78, 5) is 15.7. The van der Waals surface area contributed by atoms with Crippen molar-refractivity contribution in [3.8, 4) is 17.4 Å². The summed E-state index contributed by atoms with van der Waals surface area (Å²) in [7, 11) is 1.61. The molecule has 2 amide bonds. The summed E-state index contributed by atoms with van der Waals surface area (Å²) in [5.41, 5.74) is 0.837. The Balaban J connectivity index is 1.82. The lowest BCUT2D eigenvalue weighted by molar-refractivity contribution is 0.187. The fourth-order valence-corrected chi connectivity index (χ4v) is 1.83. The number of benzene rings is 1. The molecule has 3 N–H and O–H groups in total. The van der Waals surface area contributed by atoms with E-state index in [4.69, 9.17) is 14.6 Å². The summed E-state index contributed by atoms with van der Waals surface area (Å²) < 4.78 is 10.7. The van der Waals surface area contributed by atoms with Crippen molar-refractivity contribution in [1.29, 1.82) is 0 Å². The average molecular weight is 331 g/mol. The van der Waals surface area contributed by atoms with Crippen LogP contribution in [-0.2, 0) is 6.54 Å². The molecule has 0 saturated carbocycles. The zero-order valence-electron chi connectivity index (χ0n) is 13.7. The summed E-state index contributed by atoms with van der Waals surface area (Å²) in [5.74, 6) is 1.87. The molecule has 24 heavy (non-hydrogen) atoms. The third-order valence-corrected chi connectivity index (χ3v) is 3.09. The van der Waals surface area contributed by atoms with Crippen LogP contribution in [-0.4, -0.2) is 35.9 Å². The van der Waals surface area contributed by atoms with Crippen LogP contribution in [0.5, 0.6) is 17.4 Å². The van der Waals surface area contributed by atoms with Crippen LogP contribution in [0.1, 0.15) is 12.5 Å². The lowest BCUT2D eigenvalue weighted by Gasteiger charge is -2.09. The van der Waals surface area contributed by atoms with E-state index in [1.54, 1.807) is 50.6 Å². The topological polar surface area (TPSA) is 92.7 Å². The van der Waals surface area contributed by atoms with Crippen molar-refractivity contribution in [2.45, 2.75) is 19.6 Å². The Morgan fingerprint density at radius 1 is 1.17 bits per heavy atom. The third kappa shape index (κ3) is 5.77. The van der Waals surface area contributed by atoms with E-state index in [2.05, 4.69) is 15.6 Å². The van der Waals surface area contributed by atoms with Gasteiger partial charge in [-0.25, -0.2) is 9.78 Å². The Morgan fingerprint density at radius 3 is 2.46 bits per heavy atom. The monoisotopic (exact) mass is 331 g/mol. The van der Waals surface area contributed by atoms with Gasteiger partial charge in [0.25, 0.3) is 0 Å².